The molecule has 4 nitrogen and oxygen atoms in total. The van der Waals surface area contributed by atoms with E-state index >= 15 is 0 Å². The van der Waals surface area contributed by atoms with Gasteiger partial charge in [-0.05, 0) is 0 Å². The van der Waals surface area contributed by atoms with E-state index in [0.717, 1.165) is 4.48 Å². The highest BCUT2D eigenvalue weighted by atomic mass is 79.9. The summed E-state index contributed by atoms with van der Waals surface area (Å²) >= 11 is 3.13. The summed E-state index contributed by atoms with van der Waals surface area (Å²) < 4.78 is 0.720. The fraction of sp³-hybridized carbons (Fsp3) is 0.500. The molecule has 0 spiro atoms. The molecule has 1 fully saturated rings. The molecule has 1 rings (SSSR count). The molecule has 5 heteroatoms. The Balaban J connectivity index is 2.31. The molecule has 1 saturated heterocycles. The second-order valence-electron chi connectivity index (χ2n) is 2.94. The van der Waals surface area contributed by atoms with Crippen LogP contribution in [0.25, 0.3) is 0 Å². The minimum absolute atomic E-state index is 0.0576. The molecule has 1 unspecified atom stereocenters. The average molecular weight is 247 g/mol. The maximum atomic E-state index is 11.3. The molecular weight excluding hydrogens is 236 g/mol. The molecule has 2 N–H and O–H groups in total. The van der Waals surface area contributed by atoms with E-state index < -0.39 is 0 Å². The van der Waals surface area contributed by atoms with Crippen LogP contribution in [-0.4, -0.2) is 24.9 Å². The number of carbonyl (C=O) groups is 2. The Kier molecular flexibility index (Phi) is 3.48. The van der Waals surface area contributed by atoms with Crippen LogP contribution in [0.4, 0.5) is 0 Å². The van der Waals surface area contributed by atoms with E-state index in [0.29, 0.717) is 19.5 Å². The second-order valence-corrected chi connectivity index (χ2v) is 4.06. The van der Waals surface area contributed by atoms with Crippen LogP contribution in [0.1, 0.15) is 6.42 Å². The lowest BCUT2D eigenvalue weighted by Crippen LogP contribution is -2.32. The van der Waals surface area contributed by atoms with Crippen molar-refractivity contribution in [1.29, 1.82) is 0 Å². The van der Waals surface area contributed by atoms with Crippen molar-refractivity contribution < 1.29 is 9.59 Å². The molecule has 0 aliphatic carbocycles. The molecule has 0 aromatic rings. The van der Waals surface area contributed by atoms with Crippen molar-refractivity contribution >= 4 is 27.7 Å². The van der Waals surface area contributed by atoms with Crippen LogP contribution in [0, 0.1) is 5.92 Å². The third kappa shape index (κ3) is 3.18. The maximum Gasteiger partial charge on any atom is 0.225 e. The highest BCUT2D eigenvalue weighted by molar-refractivity contribution is 9.11. The van der Waals surface area contributed by atoms with E-state index in [1.54, 1.807) is 0 Å². The van der Waals surface area contributed by atoms with Gasteiger partial charge in [0.2, 0.25) is 11.8 Å². The quantitative estimate of drug-likeness (QED) is 0.745. The van der Waals surface area contributed by atoms with Crippen LogP contribution in [0.3, 0.4) is 0 Å². The zero-order valence-corrected chi connectivity index (χ0v) is 8.69. The molecule has 0 bridgehead atoms. The molecule has 1 heterocycles. The van der Waals surface area contributed by atoms with Crippen LogP contribution in [0.2, 0.25) is 0 Å². The van der Waals surface area contributed by atoms with Crippen molar-refractivity contribution in [3.05, 3.63) is 11.1 Å². The average Bonchev–Trinajstić information content (AvgIpc) is 2.47. The highest BCUT2D eigenvalue weighted by Gasteiger charge is 2.27. The molecule has 1 aliphatic heterocycles. The van der Waals surface area contributed by atoms with Crippen molar-refractivity contribution in [3.8, 4) is 0 Å². The molecule has 0 saturated carbocycles. The second kappa shape index (κ2) is 4.41. The van der Waals surface area contributed by atoms with E-state index in [1.165, 1.54) is 0 Å². The lowest BCUT2D eigenvalue weighted by Gasteiger charge is -2.07. The molecule has 0 radical (unpaired) electrons. The number of hydrogen-bond donors (Lipinski definition) is 2. The van der Waals surface area contributed by atoms with Gasteiger partial charge < -0.3 is 10.6 Å². The van der Waals surface area contributed by atoms with Gasteiger partial charge in [-0.15, -0.1) is 0 Å². The predicted molar refractivity (Wildman–Crippen MR) is 52.2 cm³/mol. The number of carbonyl (C=O) groups excluding carboxylic acids is 2. The van der Waals surface area contributed by atoms with E-state index in [1.807, 2.05) is 0 Å². The summed E-state index contributed by atoms with van der Waals surface area (Å²) in [6.45, 7) is 4.44. The standard InChI is InChI=1S/C8H11BrN2O2/c1-5(9)3-11-8(13)6-2-7(12)10-4-6/h6H,1-4H2,(H,10,12)(H,11,13). The molecule has 13 heavy (non-hydrogen) atoms. The Bertz CT molecular complexity index is 253. The van der Waals surface area contributed by atoms with Gasteiger partial charge in [0, 0.05) is 24.0 Å². The molecular formula is C8H11BrN2O2. The highest BCUT2D eigenvalue weighted by Crippen LogP contribution is 2.08. The normalized spacial score (nSPS) is 21.0. The monoisotopic (exact) mass is 246 g/mol. The first-order valence-electron chi connectivity index (χ1n) is 3.97. The van der Waals surface area contributed by atoms with Crippen molar-refractivity contribution in [2.24, 2.45) is 5.92 Å². The van der Waals surface area contributed by atoms with Crippen molar-refractivity contribution in [1.82, 2.24) is 10.6 Å². The lowest BCUT2D eigenvalue weighted by molar-refractivity contribution is -0.126. The summed E-state index contributed by atoms with van der Waals surface area (Å²) in [7, 11) is 0. The first kappa shape index (κ1) is 10.2. The Hall–Kier alpha value is -0.840. The summed E-state index contributed by atoms with van der Waals surface area (Å²) in [5.41, 5.74) is 0. The van der Waals surface area contributed by atoms with Crippen LogP contribution in [-0.2, 0) is 9.59 Å². The van der Waals surface area contributed by atoms with Crippen LogP contribution >= 0.6 is 15.9 Å². The lowest BCUT2D eigenvalue weighted by atomic mass is 10.1. The Morgan fingerprint density at radius 1 is 1.77 bits per heavy atom. The summed E-state index contributed by atoms with van der Waals surface area (Å²) in [5.74, 6) is -0.379. The zero-order chi connectivity index (χ0) is 9.84. The first-order valence-corrected chi connectivity index (χ1v) is 4.76. The van der Waals surface area contributed by atoms with Crippen LogP contribution < -0.4 is 10.6 Å². The van der Waals surface area contributed by atoms with Gasteiger partial charge in [0.1, 0.15) is 0 Å². The molecule has 0 aromatic carbocycles. The third-order valence-corrected chi connectivity index (χ3v) is 2.08. The first-order chi connectivity index (χ1) is 6.09. The van der Waals surface area contributed by atoms with E-state index in [2.05, 4.69) is 33.1 Å². The smallest absolute Gasteiger partial charge is 0.225 e. The fourth-order valence-electron chi connectivity index (χ4n) is 1.12. The third-order valence-electron chi connectivity index (χ3n) is 1.80. The number of amides is 2. The Morgan fingerprint density at radius 3 is 2.92 bits per heavy atom. The van der Waals surface area contributed by atoms with Gasteiger partial charge in [-0.2, -0.15) is 0 Å². The SMILES string of the molecule is C=C(Br)CNC(=O)C1CNC(=O)C1. The van der Waals surface area contributed by atoms with E-state index in [9.17, 15) is 9.59 Å². The topological polar surface area (TPSA) is 58.2 Å². The van der Waals surface area contributed by atoms with Crippen LogP contribution in [0.5, 0.6) is 0 Å². The maximum absolute atomic E-state index is 11.3. The summed E-state index contributed by atoms with van der Waals surface area (Å²) in [6.07, 6.45) is 0.292. The fourth-order valence-corrected chi connectivity index (χ4v) is 1.26. The molecule has 1 atom stereocenters. The van der Waals surface area contributed by atoms with Gasteiger partial charge >= 0.3 is 0 Å². The van der Waals surface area contributed by atoms with Crippen molar-refractivity contribution in [3.63, 3.8) is 0 Å². The summed E-state index contributed by atoms with van der Waals surface area (Å²) in [5, 5.41) is 5.27. The Morgan fingerprint density at radius 2 is 2.46 bits per heavy atom. The van der Waals surface area contributed by atoms with Crippen LogP contribution in [0.15, 0.2) is 11.1 Å². The van der Waals surface area contributed by atoms with Gasteiger partial charge in [-0.25, -0.2) is 0 Å². The van der Waals surface area contributed by atoms with E-state index in [4.69, 9.17) is 0 Å². The molecule has 0 aromatic heterocycles. The minimum Gasteiger partial charge on any atom is -0.355 e. The van der Waals surface area contributed by atoms with Gasteiger partial charge in [-0.3, -0.25) is 9.59 Å². The van der Waals surface area contributed by atoms with Gasteiger partial charge in [0.05, 0.1) is 5.92 Å². The van der Waals surface area contributed by atoms with E-state index in [-0.39, 0.29) is 17.7 Å². The Labute approximate surface area is 84.9 Å². The number of halogens is 1. The predicted octanol–water partition coefficient (Wildman–Crippen LogP) is 0.147. The molecule has 2 amide bonds. The van der Waals surface area contributed by atoms with Gasteiger partial charge in [-0.1, -0.05) is 22.5 Å². The minimum atomic E-state index is -0.223. The molecule has 72 valence electrons. The van der Waals surface area contributed by atoms with Gasteiger partial charge in [0.15, 0.2) is 0 Å². The number of hydrogen-bond acceptors (Lipinski definition) is 2. The number of nitrogens with one attached hydrogen (secondary N) is 2. The summed E-state index contributed by atoms with van der Waals surface area (Å²) in [4.78, 5) is 22.1. The number of rotatable bonds is 3. The van der Waals surface area contributed by atoms with Crippen molar-refractivity contribution in [2.45, 2.75) is 6.42 Å². The molecule has 1 aliphatic rings. The largest absolute Gasteiger partial charge is 0.355 e. The zero-order valence-electron chi connectivity index (χ0n) is 7.10. The van der Waals surface area contributed by atoms with Crippen molar-refractivity contribution in [2.75, 3.05) is 13.1 Å². The summed E-state index contributed by atoms with van der Waals surface area (Å²) in [6, 6.07) is 0. The van der Waals surface area contributed by atoms with Gasteiger partial charge in [0.25, 0.3) is 0 Å².